The second kappa shape index (κ2) is 6.15. The fraction of sp³-hybridized carbons (Fsp3) is 0.444. The molecule has 0 radical (unpaired) electrons. The molecule has 0 saturated carbocycles. The average Bonchev–Trinajstić information content (AvgIpc) is 2.28. The highest BCUT2D eigenvalue weighted by molar-refractivity contribution is 7.89. The lowest BCUT2D eigenvalue weighted by atomic mass is 10.3. The van der Waals surface area contributed by atoms with Gasteiger partial charge in [0.15, 0.2) is 0 Å². The van der Waals surface area contributed by atoms with Gasteiger partial charge in [0.05, 0.1) is 5.02 Å². The van der Waals surface area contributed by atoms with Gasteiger partial charge in [0.2, 0.25) is 10.0 Å². The molecule has 0 aliphatic carbocycles. The summed E-state index contributed by atoms with van der Waals surface area (Å²) in [6.07, 6.45) is 2.72. The molecular weight excluding hydrogens is 264 g/mol. The van der Waals surface area contributed by atoms with Gasteiger partial charge < -0.3 is 11.5 Å². The van der Waals surface area contributed by atoms with Crippen molar-refractivity contribution in [3.8, 4) is 0 Å². The minimum absolute atomic E-state index is 0.0688. The number of nitrogens with one attached hydrogen (secondary N) is 1. The number of hydrogen-bond acceptors (Lipinski definition) is 5. The fourth-order valence-corrected chi connectivity index (χ4v) is 2.60. The zero-order valence-corrected chi connectivity index (χ0v) is 10.8. The summed E-state index contributed by atoms with van der Waals surface area (Å²) < 4.78 is 26.1. The highest BCUT2D eigenvalue weighted by atomic mass is 35.5. The van der Waals surface area contributed by atoms with Crippen LogP contribution in [0.3, 0.4) is 0 Å². The van der Waals surface area contributed by atoms with Crippen LogP contribution < -0.4 is 16.2 Å². The topological polar surface area (TPSA) is 111 Å². The summed E-state index contributed by atoms with van der Waals surface area (Å²) in [6.45, 7) is 0.841. The van der Waals surface area contributed by atoms with Crippen molar-refractivity contribution in [1.29, 1.82) is 0 Å². The van der Waals surface area contributed by atoms with Gasteiger partial charge in [-0.05, 0) is 25.5 Å². The number of anilines is 1. The van der Waals surface area contributed by atoms with Crippen molar-refractivity contribution in [2.24, 2.45) is 5.73 Å². The van der Waals surface area contributed by atoms with Crippen molar-refractivity contribution in [1.82, 2.24) is 9.71 Å². The molecule has 8 heteroatoms. The van der Waals surface area contributed by atoms with E-state index in [9.17, 15) is 8.42 Å². The molecule has 0 bridgehead atoms. The molecule has 6 nitrogen and oxygen atoms in total. The summed E-state index contributed by atoms with van der Waals surface area (Å²) in [7, 11) is -3.66. The number of unbranched alkanes of at least 4 members (excludes halogenated alkanes) is 1. The van der Waals surface area contributed by atoms with Gasteiger partial charge in [0.25, 0.3) is 0 Å². The Balaban J connectivity index is 2.79. The Hall–Kier alpha value is -0.890. The fourth-order valence-electron chi connectivity index (χ4n) is 1.20. The first-order valence-corrected chi connectivity index (χ1v) is 6.94. The highest BCUT2D eigenvalue weighted by Crippen LogP contribution is 2.19. The molecule has 1 rings (SSSR count). The van der Waals surface area contributed by atoms with E-state index < -0.39 is 10.0 Å². The van der Waals surface area contributed by atoms with Crippen LogP contribution in [-0.4, -0.2) is 26.5 Å². The van der Waals surface area contributed by atoms with Gasteiger partial charge in [-0.2, -0.15) is 0 Å². The van der Waals surface area contributed by atoms with Crippen molar-refractivity contribution in [2.45, 2.75) is 17.7 Å². The van der Waals surface area contributed by atoms with E-state index in [2.05, 4.69) is 9.71 Å². The van der Waals surface area contributed by atoms with Crippen LogP contribution in [0, 0.1) is 0 Å². The van der Waals surface area contributed by atoms with Gasteiger partial charge in [-0.3, -0.25) is 0 Å². The first-order valence-electron chi connectivity index (χ1n) is 5.08. The van der Waals surface area contributed by atoms with E-state index >= 15 is 0 Å². The lowest BCUT2D eigenvalue weighted by Gasteiger charge is -2.08. The summed E-state index contributed by atoms with van der Waals surface area (Å²) in [4.78, 5) is 3.60. The van der Waals surface area contributed by atoms with E-state index in [0.29, 0.717) is 19.5 Å². The Kier molecular flexibility index (Phi) is 5.13. The van der Waals surface area contributed by atoms with Crippen LogP contribution in [0.5, 0.6) is 0 Å². The van der Waals surface area contributed by atoms with E-state index in [1.54, 1.807) is 0 Å². The summed E-state index contributed by atoms with van der Waals surface area (Å²) in [5.74, 6) is -0.0688. The van der Waals surface area contributed by atoms with Crippen LogP contribution in [0.4, 0.5) is 5.82 Å². The molecule has 0 unspecified atom stereocenters. The molecule has 0 amide bonds. The van der Waals surface area contributed by atoms with E-state index in [1.165, 1.54) is 12.3 Å². The first-order chi connectivity index (χ1) is 7.97. The molecule has 1 heterocycles. The molecule has 0 atom stereocenters. The molecule has 1 aromatic rings. The molecule has 0 spiro atoms. The summed E-state index contributed by atoms with van der Waals surface area (Å²) in [6, 6.07) is 1.27. The van der Waals surface area contributed by atoms with Crippen LogP contribution in [0.25, 0.3) is 0 Å². The van der Waals surface area contributed by atoms with Crippen molar-refractivity contribution >= 4 is 27.4 Å². The number of nitrogens with two attached hydrogens (primary N) is 2. The Bertz CT molecular complexity index is 478. The van der Waals surface area contributed by atoms with Gasteiger partial charge in [-0.15, -0.1) is 0 Å². The zero-order chi connectivity index (χ0) is 12.9. The maximum atomic E-state index is 11.8. The number of sulfonamides is 1. The van der Waals surface area contributed by atoms with Crippen molar-refractivity contribution in [2.75, 3.05) is 18.8 Å². The summed E-state index contributed by atoms with van der Waals surface area (Å²) >= 11 is 5.68. The van der Waals surface area contributed by atoms with Gasteiger partial charge in [0.1, 0.15) is 10.7 Å². The number of nitrogen functional groups attached to an aromatic ring is 1. The van der Waals surface area contributed by atoms with E-state index in [4.69, 9.17) is 23.1 Å². The number of aromatic nitrogens is 1. The molecule has 5 N–H and O–H groups in total. The van der Waals surface area contributed by atoms with Crippen LogP contribution >= 0.6 is 11.6 Å². The van der Waals surface area contributed by atoms with Crippen LogP contribution in [-0.2, 0) is 10.0 Å². The number of rotatable bonds is 6. The molecule has 1 aromatic heterocycles. The predicted octanol–water partition coefficient (Wildman–Crippen LogP) is 0.334. The Labute approximate surface area is 105 Å². The highest BCUT2D eigenvalue weighted by Gasteiger charge is 2.18. The number of halogens is 1. The van der Waals surface area contributed by atoms with Crippen molar-refractivity contribution in [3.63, 3.8) is 0 Å². The minimum atomic E-state index is -3.66. The third-order valence-electron chi connectivity index (χ3n) is 2.06. The van der Waals surface area contributed by atoms with Crippen LogP contribution in [0.2, 0.25) is 5.02 Å². The van der Waals surface area contributed by atoms with Gasteiger partial charge in [-0.25, -0.2) is 18.1 Å². The second-order valence-electron chi connectivity index (χ2n) is 3.43. The van der Waals surface area contributed by atoms with Gasteiger partial charge >= 0.3 is 0 Å². The van der Waals surface area contributed by atoms with E-state index in [0.717, 1.165) is 6.42 Å². The summed E-state index contributed by atoms with van der Waals surface area (Å²) in [5, 5.41) is 0.224. The molecule has 17 heavy (non-hydrogen) atoms. The lowest BCUT2D eigenvalue weighted by Crippen LogP contribution is -2.26. The number of hydrogen-bond donors (Lipinski definition) is 3. The van der Waals surface area contributed by atoms with Crippen LogP contribution in [0.15, 0.2) is 17.2 Å². The molecule has 96 valence electrons. The lowest BCUT2D eigenvalue weighted by molar-refractivity contribution is 0.577. The molecule has 0 saturated heterocycles. The summed E-state index contributed by atoms with van der Waals surface area (Å²) in [5.41, 5.74) is 10.8. The normalized spacial score (nSPS) is 11.6. The quantitative estimate of drug-likeness (QED) is 0.650. The Morgan fingerprint density at radius 3 is 2.76 bits per heavy atom. The second-order valence-corrected chi connectivity index (χ2v) is 5.60. The number of pyridine rings is 1. The molecule has 0 aromatic carbocycles. The van der Waals surface area contributed by atoms with Gasteiger partial charge in [0, 0.05) is 12.7 Å². The smallest absolute Gasteiger partial charge is 0.244 e. The van der Waals surface area contributed by atoms with E-state index in [-0.39, 0.29) is 15.7 Å². The Morgan fingerprint density at radius 2 is 2.12 bits per heavy atom. The standard InChI is InChI=1S/C9H15ClN4O2S/c10-7-5-8(9(12)13-6-7)17(15,16)14-4-2-1-3-11/h5-6,14H,1-4,11H2,(H2,12,13). The van der Waals surface area contributed by atoms with Crippen LogP contribution in [0.1, 0.15) is 12.8 Å². The van der Waals surface area contributed by atoms with E-state index in [1.807, 2.05) is 0 Å². The zero-order valence-electron chi connectivity index (χ0n) is 9.19. The first kappa shape index (κ1) is 14.2. The van der Waals surface area contributed by atoms with Crippen molar-refractivity contribution < 1.29 is 8.42 Å². The molecule has 0 aliphatic rings. The SMILES string of the molecule is NCCCCNS(=O)(=O)c1cc(Cl)cnc1N. The maximum absolute atomic E-state index is 11.8. The molecule has 0 fully saturated rings. The third-order valence-corrected chi connectivity index (χ3v) is 3.76. The average molecular weight is 279 g/mol. The van der Waals surface area contributed by atoms with Crippen molar-refractivity contribution in [3.05, 3.63) is 17.3 Å². The van der Waals surface area contributed by atoms with Gasteiger partial charge in [-0.1, -0.05) is 11.6 Å². The maximum Gasteiger partial charge on any atom is 0.244 e. The minimum Gasteiger partial charge on any atom is -0.383 e. The predicted molar refractivity (Wildman–Crippen MR) is 67.1 cm³/mol. The largest absolute Gasteiger partial charge is 0.383 e. The number of nitrogens with zero attached hydrogens (tertiary/aromatic N) is 1. The molecule has 0 aliphatic heterocycles. The third kappa shape index (κ3) is 4.12. The Morgan fingerprint density at radius 1 is 1.41 bits per heavy atom. The monoisotopic (exact) mass is 278 g/mol. The molecular formula is C9H15ClN4O2S.